The first-order valence-corrected chi connectivity index (χ1v) is 21.8. The molecule has 5 aromatic rings. The van der Waals surface area contributed by atoms with Crippen LogP contribution in [-0.4, -0.2) is 104 Å². The van der Waals surface area contributed by atoms with Gasteiger partial charge in [0.2, 0.25) is 0 Å². The lowest BCUT2D eigenvalue weighted by Crippen LogP contribution is -2.39. The second kappa shape index (κ2) is 17.7. The number of phosphoric acid groups is 1. The lowest BCUT2D eigenvalue weighted by atomic mass is 9.95. The van der Waals surface area contributed by atoms with E-state index in [1.54, 1.807) is 47.4 Å². The minimum atomic E-state index is -4.96. The monoisotopic (exact) mass is 884 g/mol. The number of carbonyl (C=O) groups excluding carboxylic acids is 4. The molecule has 59 heavy (non-hydrogen) atoms. The summed E-state index contributed by atoms with van der Waals surface area (Å²) in [6.07, 6.45) is -1.36. The van der Waals surface area contributed by atoms with Crippen molar-refractivity contribution < 1.29 is 52.3 Å². The fourth-order valence-corrected chi connectivity index (χ4v) is 9.37. The van der Waals surface area contributed by atoms with Crippen LogP contribution in [-0.2, 0) is 14.0 Å². The number of methoxy groups -OCH3 is 1. The Morgan fingerprint density at radius 2 is 1.29 bits per heavy atom. The third kappa shape index (κ3) is 8.57. The number of phosphoric ester groups is 1. The number of hydrogen-bond donors (Lipinski definition) is 3. The molecule has 2 aliphatic heterocycles. The van der Waals surface area contributed by atoms with E-state index in [0.29, 0.717) is 27.5 Å². The van der Waals surface area contributed by atoms with Crippen molar-refractivity contribution >= 4 is 99.3 Å². The Hall–Kier alpha value is -4.93. The molecule has 7 rings (SSSR count). The summed E-state index contributed by atoms with van der Waals surface area (Å²) in [5, 5.41) is 4.85. The van der Waals surface area contributed by atoms with Crippen LogP contribution in [0, 0.1) is 0 Å². The van der Waals surface area contributed by atoms with Crippen LogP contribution < -0.4 is 24.4 Å². The molecule has 0 saturated carbocycles. The Morgan fingerprint density at radius 1 is 0.797 bits per heavy atom. The first-order valence-electron chi connectivity index (χ1n) is 18.4. The maximum absolute atomic E-state index is 14.4. The van der Waals surface area contributed by atoms with Crippen molar-refractivity contribution in [1.82, 2.24) is 10.2 Å². The van der Waals surface area contributed by atoms with Gasteiger partial charge in [-0.1, -0.05) is 48.5 Å². The first-order chi connectivity index (χ1) is 28.4. The Kier molecular flexibility index (Phi) is 12.7. The van der Waals surface area contributed by atoms with E-state index in [4.69, 9.17) is 41.9 Å². The third-order valence-corrected chi connectivity index (χ3v) is 12.4. The SMILES string of the molecule is CNC(=O)OCCN(CCOC)C(=O)Oc1cc2c(c3ccccc13)[C@H](CCl)CN2C(=O)c1ccc(C(=O)N2C[C@@H](CCl)c3c2cc(OP(=O)(O)O)c2ccccc32)s1. The zero-order valence-corrected chi connectivity index (χ0v) is 35.0. The van der Waals surface area contributed by atoms with Gasteiger partial charge in [-0.2, -0.15) is 0 Å². The molecular formula is C40H39Cl2N4O11PS. The number of fused-ring (bicyclic) bond motifs is 6. The number of thiophene rings is 1. The van der Waals surface area contributed by atoms with Crippen LogP contribution in [0.4, 0.5) is 21.0 Å². The van der Waals surface area contributed by atoms with Crippen molar-refractivity contribution in [2.75, 3.05) is 75.1 Å². The molecule has 19 heteroatoms. The zero-order chi connectivity index (χ0) is 42.0. The number of ether oxygens (including phenoxy) is 3. The molecule has 0 radical (unpaired) electrons. The fourth-order valence-electron chi connectivity index (χ4n) is 7.56. The number of rotatable bonds is 13. The van der Waals surface area contributed by atoms with Crippen molar-refractivity contribution in [1.29, 1.82) is 0 Å². The summed E-state index contributed by atoms with van der Waals surface area (Å²) in [5.41, 5.74) is 2.46. The molecule has 2 aliphatic rings. The van der Waals surface area contributed by atoms with Gasteiger partial charge in [-0.25, -0.2) is 14.2 Å². The Bertz CT molecular complexity index is 2500. The van der Waals surface area contributed by atoms with Gasteiger partial charge in [-0.3, -0.25) is 19.4 Å². The molecule has 4 aromatic carbocycles. The van der Waals surface area contributed by atoms with Gasteiger partial charge < -0.3 is 38.8 Å². The molecule has 0 unspecified atom stereocenters. The quantitative estimate of drug-likeness (QED) is 0.0797. The summed E-state index contributed by atoms with van der Waals surface area (Å²) in [6.45, 7) is 0.717. The summed E-state index contributed by atoms with van der Waals surface area (Å²) < 4.78 is 33.3. The Morgan fingerprint density at radius 3 is 1.78 bits per heavy atom. The van der Waals surface area contributed by atoms with E-state index >= 15 is 0 Å². The van der Waals surface area contributed by atoms with Crippen molar-refractivity contribution in [2.24, 2.45) is 0 Å². The highest BCUT2D eigenvalue weighted by atomic mass is 35.5. The number of amides is 4. The number of nitrogens with zero attached hydrogens (tertiary/aromatic N) is 3. The van der Waals surface area contributed by atoms with E-state index in [-0.39, 0.29) is 84.2 Å². The van der Waals surface area contributed by atoms with Crippen LogP contribution in [0.15, 0.2) is 72.8 Å². The molecule has 310 valence electrons. The van der Waals surface area contributed by atoms with E-state index in [9.17, 15) is 33.5 Å². The molecule has 4 amide bonds. The first kappa shape index (κ1) is 42.2. The highest BCUT2D eigenvalue weighted by molar-refractivity contribution is 7.46. The number of hydrogen-bond acceptors (Lipinski definition) is 10. The topological polar surface area (TPSA) is 184 Å². The van der Waals surface area contributed by atoms with E-state index in [1.165, 1.54) is 30.0 Å². The highest BCUT2D eigenvalue weighted by Crippen LogP contribution is 2.50. The van der Waals surface area contributed by atoms with Gasteiger partial charge in [0, 0.05) is 80.3 Å². The zero-order valence-electron chi connectivity index (χ0n) is 31.8. The molecule has 3 heterocycles. The largest absolute Gasteiger partial charge is 0.524 e. The van der Waals surface area contributed by atoms with Gasteiger partial charge in [-0.15, -0.1) is 34.5 Å². The number of alkyl carbamates (subject to hydrolysis) is 1. The summed E-state index contributed by atoms with van der Waals surface area (Å²) in [7, 11) is -2.03. The number of anilines is 2. The second-order valence-corrected chi connectivity index (χ2v) is 16.6. The van der Waals surface area contributed by atoms with Crippen molar-refractivity contribution in [3.63, 3.8) is 0 Å². The van der Waals surface area contributed by atoms with Gasteiger partial charge in [0.1, 0.15) is 18.1 Å². The molecule has 0 bridgehead atoms. The van der Waals surface area contributed by atoms with E-state index in [0.717, 1.165) is 27.8 Å². The molecule has 15 nitrogen and oxygen atoms in total. The molecule has 1 aromatic heterocycles. The Labute approximate surface area is 352 Å². The summed E-state index contributed by atoms with van der Waals surface area (Å²) in [4.78, 5) is 78.2. The number of benzene rings is 4. The second-order valence-electron chi connectivity index (χ2n) is 13.7. The Balaban J connectivity index is 1.19. The number of alkyl halides is 2. The van der Waals surface area contributed by atoms with E-state index in [1.807, 2.05) is 24.3 Å². The normalized spacial score (nSPS) is 15.9. The minimum absolute atomic E-state index is 0.0331. The van der Waals surface area contributed by atoms with Crippen LogP contribution in [0.25, 0.3) is 21.5 Å². The third-order valence-electron chi connectivity index (χ3n) is 10.2. The molecule has 0 fully saturated rings. The number of halogens is 2. The summed E-state index contributed by atoms with van der Waals surface area (Å²) in [5.74, 6) is -0.896. The van der Waals surface area contributed by atoms with Gasteiger partial charge in [0.05, 0.1) is 34.3 Å². The maximum Gasteiger partial charge on any atom is 0.524 e. The van der Waals surface area contributed by atoms with Crippen LogP contribution in [0.1, 0.15) is 42.3 Å². The lowest BCUT2D eigenvalue weighted by Gasteiger charge is -2.23. The van der Waals surface area contributed by atoms with Gasteiger partial charge in [0.25, 0.3) is 11.8 Å². The van der Waals surface area contributed by atoms with E-state index in [2.05, 4.69) is 5.32 Å². The molecule has 2 atom stereocenters. The van der Waals surface area contributed by atoms with Gasteiger partial charge >= 0.3 is 20.0 Å². The standard InChI is InChI=1S/C40H39Cl2N4O11PS/c1-43-39(49)55-16-14-44(13-15-54-2)40(50)56-31-17-29-35(27-9-5-3-7-25(27)31)23(19-41)21-45(29)37(47)33-11-12-34(59-33)38(48)46-22-24(20-42)36-28-10-6-4-8-26(28)32(18-30(36)46)57-58(51,52)53/h3-12,17-18,23-24H,13-16,19-22H2,1-2H3,(H,43,49)(H2,51,52,53)/t23-,24-/m1/s1. The maximum atomic E-state index is 14.4. The van der Waals surface area contributed by atoms with Crippen molar-refractivity contribution in [3.8, 4) is 11.5 Å². The van der Waals surface area contributed by atoms with Gasteiger partial charge in [-0.05, 0) is 34.0 Å². The average Bonchev–Trinajstić information content (AvgIpc) is 3.97. The summed E-state index contributed by atoms with van der Waals surface area (Å²) in [6, 6.07) is 20.5. The van der Waals surface area contributed by atoms with E-state index < -0.39 is 31.8 Å². The minimum Gasteiger partial charge on any atom is -0.448 e. The smallest absolute Gasteiger partial charge is 0.448 e. The summed E-state index contributed by atoms with van der Waals surface area (Å²) >= 11 is 13.9. The van der Waals surface area contributed by atoms with Crippen LogP contribution in [0.3, 0.4) is 0 Å². The van der Waals surface area contributed by atoms with Crippen molar-refractivity contribution in [2.45, 2.75) is 11.8 Å². The molecule has 0 spiro atoms. The number of carbonyl (C=O) groups is 4. The predicted octanol–water partition coefficient (Wildman–Crippen LogP) is 7.29. The molecule has 0 saturated heterocycles. The van der Waals surface area contributed by atoms with Crippen molar-refractivity contribution in [3.05, 3.63) is 93.7 Å². The predicted molar refractivity (Wildman–Crippen MR) is 225 cm³/mol. The average molecular weight is 886 g/mol. The lowest BCUT2D eigenvalue weighted by molar-refractivity contribution is 0.0985. The molecule has 3 N–H and O–H groups in total. The van der Waals surface area contributed by atoms with Crippen LogP contribution in [0.5, 0.6) is 11.5 Å². The number of nitrogens with one attached hydrogen (secondary N) is 1. The van der Waals surface area contributed by atoms with Crippen LogP contribution >= 0.6 is 42.4 Å². The highest BCUT2D eigenvalue weighted by Gasteiger charge is 2.39. The fraction of sp³-hybridized carbons (Fsp3) is 0.300. The van der Waals surface area contributed by atoms with Crippen LogP contribution in [0.2, 0.25) is 0 Å². The molecule has 0 aliphatic carbocycles. The molecular weight excluding hydrogens is 846 g/mol. The van der Waals surface area contributed by atoms with Gasteiger partial charge in [0.15, 0.2) is 0 Å².